The van der Waals surface area contributed by atoms with Gasteiger partial charge in [-0.15, -0.1) is 0 Å². The first-order valence-electron chi connectivity index (χ1n) is 8.59. The number of carbonyl (C=O) groups is 1. The van der Waals surface area contributed by atoms with Gasteiger partial charge in [0.05, 0.1) is 5.69 Å². The van der Waals surface area contributed by atoms with Gasteiger partial charge in [-0.25, -0.2) is 4.98 Å². The highest BCUT2D eigenvalue weighted by molar-refractivity contribution is 5.76. The Bertz CT molecular complexity index is 730. The van der Waals surface area contributed by atoms with Gasteiger partial charge in [0.15, 0.2) is 0 Å². The van der Waals surface area contributed by atoms with Crippen LogP contribution in [-0.4, -0.2) is 51.0 Å². The number of rotatable bonds is 6. The van der Waals surface area contributed by atoms with Crippen molar-refractivity contribution in [3.63, 3.8) is 0 Å². The minimum Gasteiger partial charge on any atom is -0.386 e. The SMILES string of the molecule is Cc1nn(C)cc1CCC(=O)NC[C@]1(O)CCN(c2ccccn2)C1. The summed E-state index contributed by atoms with van der Waals surface area (Å²) in [6.45, 7) is 3.42. The van der Waals surface area contributed by atoms with E-state index in [0.29, 0.717) is 25.8 Å². The number of hydrogen-bond acceptors (Lipinski definition) is 5. The lowest BCUT2D eigenvalue weighted by molar-refractivity contribution is -0.122. The number of anilines is 1. The lowest BCUT2D eigenvalue weighted by atomic mass is 10.0. The summed E-state index contributed by atoms with van der Waals surface area (Å²) < 4.78 is 1.76. The fourth-order valence-electron chi connectivity index (χ4n) is 3.23. The number of aliphatic hydroxyl groups is 1. The minimum absolute atomic E-state index is 0.0482. The van der Waals surface area contributed by atoms with Crippen LogP contribution < -0.4 is 10.2 Å². The predicted molar refractivity (Wildman–Crippen MR) is 95.3 cm³/mol. The Kier molecular flexibility index (Phi) is 5.03. The summed E-state index contributed by atoms with van der Waals surface area (Å²) in [6, 6.07) is 5.73. The van der Waals surface area contributed by atoms with Crippen molar-refractivity contribution in [3.05, 3.63) is 41.9 Å². The lowest BCUT2D eigenvalue weighted by Crippen LogP contribution is -2.45. The van der Waals surface area contributed by atoms with Gasteiger partial charge in [-0.1, -0.05) is 6.07 Å². The molecule has 0 aliphatic carbocycles. The number of hydrogen-bond donors (Lipinski definition) is 2. The highest BCUT2D eigenvalue weighted by Gasteiger charge is 2.36. The summed E-state index contributed by atoms with van der Waals surface area (Å²) in [5.41, 5.74) is 1.13. The van der Waals surface area contributed by atoms with Crippen LogP contribution in [0.4, 0.5) is 5.82 Å². The molecule has 0 spiro atoms. The number of β-amino-alcohol motifs (C(OH)–C–C–N with tert-alkyl or cyclic N) is 1. The first-order chi connectivity index (χ1) is 12.0. The molecule has 25 heavy (non-hydrogen) atoms. The molecule has 134 valence electrons. The third kappa shape index (κ3) is 4.36. The summed E-state index contributed by atoms with van der Waals surface area (Å²) in [7, 11) is 1.87. The van der Waals surface area contributed by atoms with Crippen molar-refractivity contribution >= 4 is 11.7 Å². The van der Waals surface area contributed by atoms with Crippen LogP contribution in [-0.2, 0) is 18.3 Å². The molecule has 1 amide bonds. The number of amides is 1. The fourth-order valence-corrected chi connectivity index (χ4v) is 3.23. The Hall–Kier alpha value is -2.41. The second-order valence-corrected chi connectivity index (χ2v) is 6.77. The zero-order valence-electron chi connectivity index (χ0n) is 14.8. The molecule has 0 radical (unpaired) electrons. The molecule has 0 bridgehead atoms. The topological polar surface area (TPSA) is 83.3 Å². The highest BCUT2D eigenvalue weighted by atomic mass is 16.3. The monoisotopic (exact) mass is 343 g/mol. The Morgan fingerprint density at radius 2 is 2.28 bits per heavy atom. The van der Waals surface area contributed by atoms with Crippen LogP contribution in [0, 0.1) is 6.92 Å². The molecule has 2 aromatic heterocycles. The van der Waals surface area contributed by atoms with Crippen LogP contribution in [0.25, 0.3) is 0 Å². The molecular formula is C18H25N5O2. The maximum atomic E-state index is 12.1. The number of carbonyl (C=O) groups excluding carboxylic acids is 1. The third-order valence-electron chi connectivity index (χ3n) is 4.66. The van der Waals surface area contributed by atoms with Gasteiger partial charge in [0.25, 0.3) is 0 Å². The first-order valence-corrected chi connectivity index (χ1v) is 8.59. The molecule has 0 aromatic carbocycles. The van der Waals surface area contributed by atoms with Gasteiger partial charge in [0, 0.05) is 45.5 Å². The quantitative estimate of drug-likeness (QED) is 0.811. The number of nitrogens with one attached hydrogen (secondary N) is 1. The van der Waals surface area contributed by atoms with E-state index in [1.165, 1.54) is 0 Å². The molecule has 3 heterocycles. The molecule has 1 fully saturated rings. The van der Waals surface area contributed by atoms with Crippen molar-refractivity contribution in [2.45, 2.75) is 31.8 Å². The minimum atomic E-state index is -0.905. The summed E-state index contributed by atoms with van der Waals surface area (Å²) in [5, 5.41) is 17.9. The molecule has 2 aromatic rings. The molecule has 0 unspecified atom stereocenters. The maximum absolute atomic E-state index is 12.1. The third-order valence-corrected chi connectivity index (χ3v) is 4.66. The number of aromatic nitrogens is 3. The molecule has 1 atom stereocenters. The molecule has 1 aliphatic heterocycles. The van der Waals surface area contributed by atoms with Crippen LogP contribution >= 0.6 is 0 Å². The van der Waals surface area contributed by atoms with Crippen LogP contribution in [0.5, 0.6) is 0 Å². The van der Waals surface area contributed by atoms with Gasteiger partial charge in [0.1, 0.15) is 11.4 Å². The normalized spacial score (nSPS) is 20.0. The molecular weight excluding hydrogens is 318 g/mol. The number of nitrogens with zero attached hydrogens (tertiary/aromatic N) is 4. The van der Waals surface area contributed by atoms with Gasteiger partial charge in [-0.3, -0.25) is 9.48 Å². The first kappa shape index (κ1) is 17.4. The molecule has 2 N–H and O–H groups in total. The Morgan fingerprint density at radius 3 is 2.96 bits per heavy atom. The van der Waals surface area contributed by atoms with E-state index in [1.807, 2.05) is 43.3 Å². The smallest absolute Gasteiger partial charge is 0.220 e. The highest BCUT2D eigenvalue weighted by Crippen LogP contribution is 2.24. The summed E-state index contributed by atoms with van der Waals surface area (Å²) >= 11 is 0. The molecule has 7 heteroatoms. The average Bonchev–Trinajstić information content (AvgIpc) is 3.15. The molecule has 7 nitrogen and oxygen atoms in total. The van der Waals surface area contributed by atoms with Crippen molar-refractivity contribution in [2.24, 2.45) is 7.05 Å². The second kappa shape index (κ2) is 7.23. The zero-order valence-corrected chi connectivity index (χ0v) is 14.8. The van der Waals surface area contributed by atoms with Crippen LogP contribution in [0.3, 0.4) is 0 Å². The second-order valence-electron chi connectivity index (χ2n) is 6.77. The van der Waals surface area contributed by atoms with E-state index in [2.05, 4.69) is 15.4 Å². The lowest BCUT2D eigenvalue weighted by Gasteiger charge is -2.24. The predicted octanol–water partition coefficient (Wildman–Crippen LogP) is 0.814. The summed E-state index contributed by atoms with van der Waals surface area (Å²) in [4.78, 5) is 18.5. The Balaban J connectivity index is 1.46. The maximum Gasteiger partial charge on any atom is 0.220 e. The Labute approximate surface area is 147 Å². The van der Waals surface area contributed by atoms with E-state index >= 15 is 0 Å². The largest absolute Gasteiger partial charge is 0.386 e. The number of aryl methyl sites for hydroxylation is 3. The van der Waals surface area contributed by atoms with Crippen molar-refractivity contribution in [1.82, 2.24) is 20.1 Å². The van der Waals surface area contributed by atoms with Gasteiger partial charge in [-0.2, -0.15) is 5.10 Å². The molecule has 1 saturated heterocycles. The van der Waals surface area contributed by atoms with Crippen LogP contribution in [0.1, 0.15) is 24.1 Å². The number of pyridine rings is 1. The van der Waals surface area contributed by atoms with Crippen LogP contribution in [0.15, 0.2) is 30.6 Å². The standard InChI is InChI=1S/C18H25N5O2/c1-14-15(11-22(2)21-14)6-7-17(24)20-12-18(25)8-10-23(13-18)16-5-3-4-9-19-16/h3-5,9,11,25H,6-8,10,12-13H2,1-2H3,(H,20,24)/t18-/m1/s1. The van der Waals surface area contributed by atoms with Crippen LogP contribution in [0.2, 0.25) is 0 Å². The van der Waals surface area contributed by atoms with E-state index in [9.17, 15) is 9.90 Å². The van der Waals surface area contributed by atoms with E-state index in [-0.39, 0.29) is 12.5 Å². The molecule has 0 saturated carbocycles. The van der Waals surface area contributed by atoms with Gasteiger partial charge in [0.2, 0.25) is 5.91 Å². The molecule has 1 aliphatic rings. The summed E-state index contributed by atoms with van der Waals surface area (Å²) in [6.07, 6.45) is 5.36. The van der Waals surface area contributed by atoms with Gasteiger partial charge in [-0.05, 0) is 37.5 Å². The fraction of sp³-hybridized carbons (Fsp3) is 0.500. The zero-order chi connectivity index (χ0) is 17.9. The van der Waals surface area contributed by atoms with Crippen molar-refractivity contribution in [1.29, 1.82) is 0 Å². The van der Waals surface area contributed by atoms with Crippen molar-refractivity contribution < 1.29 is 9.90 Å². The van der Waals surface area contributed by atoms with E-state index in [1.54, 1.807) is 10.9 Å². The Morgan fingerprint density at radius 1 is 1.44 bits per heavy atom. The summed E-state index contributed by atoms with van der Waals surface area (Å²) in [5.74, 6) is 0.810. The van der Waals surface area contributed by atoms with Gasteiger partial charge < -0.3 is 15.3 Å². The van der Waals surface area contributed by atoms with Gasteiger partial charge >= 0.3 is 0 Å². The van der Waals surface area contributed by atoms with E-state index in [0.717, 1.165) is 23.6 Å². The van der Waals surface area contributed by atoms with E-state index < -0.39 is 5.60 Å². The van der Waals surface area contributed by atoms with Crippen molar-refractivity contribution in [2.75, 3.05) is 24.5 Å². The molecule has 3 rings (SSSR count). The van der Waals surface area contributed by atoms with Crippen molar-refractivity contribution in [3.8, 4) is 0 Å². The van der Waals surface area contributed by atoms with E-state index in [4.69, 9.17) is 0 Å². The average molecular weight is 343 g/mol.